The number of ether oxygens (including phenoxy) is 2. The van der Waals surface area contributed by atoms with Gasteiger partial charge in [0.15, 0.2) is 0 Å². The normalized spacial score (nSPS) is 17.9. The highest BCUT2D eigenvalue weighted by Crippen LogP contribution is 2.19. The molecule has 1 fully saturated rings. The summed E-state index contributed by atoms with van der Waals surface area (Å²) in [6.07, 6.45) is 0.225. The number of hydrogen-bond acceptors (Lipinski definition) is 3. The Labute approximate surface area is 103 Å². The highest BCUT2D eigenvalue weighted by molar-refractivity contribution is 5.29. The van der Waals surface area contributed by atoms with Gasteiger partial charge in [0.2, 0.25) is 0 Å². The molecule has 0 saturated carbocycles. The van der Waals surface area contributed by atoms with Crippen LogP contribution in [-0.2, 0) is 4.74 Å². The van der Waals surface area contributed by atoms with Crippen LogP contribution in [-0.4, -0.2) is 25.4 Å². The quantitative estimate of drug-likeness (QED) is 0.850. The van der Waals surface area contributed by atoms with Gasteiger partial charge >= 0.3 is 0 Å². The van der Waals surface area contributed by atoms with Gasteiger partial charge < -0.3 is 14.8 Å². The molecule has 0 aromatic heterocycles. The Bertz CT molecular complexity index is 344. The molecule has 0 aliphatic carbocycles. The van der Waals surface area contributed by atoms with Crippen molar-refractivity contribution in [2.75, 3.05) is 13.2 Å². The molecular formula is C14H21NO2. The van der Waals surface area contributed by atoms with Crippen LogP contribution in [0.15, 0.2) is 24.3 Å². The van der Waals surface area contributed by atoms with Gasteiger partial charge in [-0.2, -0.15) is 0 Å². The maximum atomic E-state index is 5.62. The number of hydrogen-bond donors (Lipinski definition) is 1. The molecule has 1 saturated heterocycles. The Morgan fingerprint density at radius 3 is 2.29 bits per heavy atom. The summed E-state index contributed by atoms with van der Waals surface area (Å²) in [6, 6.07) is 9.17. The Morgan fingerprint density at radius 2 is 1.82 bits per heavy atom. The summed E-state index contributed by atoms with van der Waals surface area (Å²) in [5.41, 5.74) is 1.29. The summed E-state index contributed by atoms with van der Waals surface area (Å²) < 4.78 is 10.8. The van der Waals surface area contributed by atoms with Crippen LogP contribution in [0.25, 0.3) is 0 Å². The van der Waals surface area contributed by atoms with E-state index in [1.165, 1.54) is 5.56 Å². The lowest BCUT2D eigenvalue weighted by Crippen LogP contribution is -2.46. The smallest absolute Gasteiger partial charge is 0.119 e. The van der Waals surface area contributed by atoms with E-state index in [1.807, 2.05) is 26.0 Å². The van der Waals surface area contributed by atoms with Crippen molar-refractivity contribution in [2.45, 2.75) is 39.0 Å². The van der Waals surface area contributed by atoms with Crippen molar-refractivity contribution in [3.05, 3.63) is 29.8 Å². The lowest BCUT2D eigenvalue weighted by Gasteiger charge is -2.30. The molecule has 1 aromatic rings. The predicted molar refractivity (Wildman–Crippen MR) is 68.4 cm³/mol. The Kier molecular flexibility index (Phi) is 4.02. The van der Waals surface area contributed by atoms with Crippen LogP contribution in [0.1, 0.15) is 32.4 Å². The second kappa shape index (κ2) is 5.52. The van der Waals surface area contributed by atoms with Crippen molar-refractivity contribution in [3.63, 3.8) is 0 Å². The molecule has 0 amide bonds. The van der Waals surface area contributed by atoms with E-state index in [1.54, 1.807) is 0 Å². The molecular weight excluding hydrogens is 214 g/mol. The van der Waals surface area contributed by atoms with Crippen molar-refractivity contribution in [2.24, 2.45) is 0 Å². The lowest BCUT2D eigenvalue weighted by atomic mass is 10.1. The minimum Gasteiger partial charge on any atom is -0.491 e. The van der Waals surface area contributed by atoms with E-state index < -0.39 is 0 Å². The highest BCUT2D eigenvalue weighted by Gasteiger charge is 2.20. The largest absolute Gasteiger partial charge is 0.491 e. The molecule has 1 N–H and O–H groups in total. The molecule has 3 nitrogen and oxygen atoms in total. The van der Waals surface area contributed by atoms with Crippen LogP contribution < -0.4 is 10.1 Å². The van der Waals surface area contributed by atoms with Gasteiger partial charge in [-0.3, -0.25) is 0 Å². The van der Waals surface area contributed by atoms with E-state index in [2.05, 4.69) is 24.4 Å². The van der Waals surface area contributed by atoms with Gasteiger partial charge in [-0.15, -0.1) is 0 Å². The third kappa shape index (κ3) is 3.45. The third-order valence-electron chi connectivity index (χ3n) is 2.88. The van der Waals surface area contributed by atoms with Crippen LogP contribution in [0.2, 0.25) is 0 Å². The van der Waals surface area contributed by atoms with E-state index in [-0.39, 0.29) is 6.10 Å². The fraction of sp³-hybridized carbons (Fsp3) is 0.571. The summed E-state index contributed by atoms with van der Waals surface area (Å²) in [4.78, 5) is 0. The van der Waals surface area contributed by atoms with E-state index in [0.717, 1.165) is 19.0 Å². The second-order valence-electron chi connectivity index (χ2n) is 4.86. The number of benzene rings is 1. The van der Waals surface area contributed by atoms with Gasteiger partial charge in [0.1, 0.15) is 5.75 Å². The maximum Gasteiger partial charge on any atom is 0.119 e. The first-order valence-electron chi connectivity index (χ1n) is 6.25. The van der Waals surface area contributed by atoms with E-state index in [0.29, 0.717) is 12.1 Å². The van der Waals surface area contributed by atoms with Crippen molar-refractivity contribution in [1.82, 2.24) is 5.32 Å². The Morgan fingerprint density at radius 1 is 1.18 bits per heavy atom. The summed E-state index contributed by atoms with van der Waals surface area (Å²) >= 11 is 0. The van der Waals surface area contributed by atoms with Gasteiger partial charge in [0, 0.05) is 6.04 Å². The van der Waals surface area contributed by atoms with Gasteiger partial charge in [-0.1, -0.05) is 12.1 Å². The molecule has 3 heteroatoms. The van der Waals surface area contributed by atoms with Crippen LogP contribution in [0.3, 0.4) is 0 Å². The van der Waals surface area contributed by atoms with Crippen molar-refractivity contribution in [3.8, 4) is 5.75 Å². The molecule has 1 atom stereocenters. The molecule has 1 aliphatic heterocycles. The lowest BCUT2D eigenvalue weighted by molar-refractivity contribution is -0.00925. The zero-order valence-corrected chi connectivity index (χ0v) is 10.8. The molecule has 1 aromatic carbocycles. The molecule has 0 radical (unpaired) electrons. The maximum absolute atomic E-state index is 5.62. The Balaban J connectivity index is 1.91. The predicted octanol–water partition coefficient (Wildman–Crippen LogP) is 2.52. The SMILES string of the molecule is CC(C)Oc1ccc(C(C)NC2COC2)cc1. The van der Waals surface area contributed by atoms with Crippen LogP contribution in [0, 0.1) is 0 Å². The summed E-state index contributed by atoms with van der Waals surface area (Å²) in [6.45, 7) is 7.91. The second-order valence-corrected chi connectivity index (χ2v) is 4.86. The first-order valence-corrected chi connectivity index (χ1v) is 6.25. The fourth-order valence-electron chi connectivity index (χ4n) is 1.89. The first-order chi connectivity index (χ1) is 8.15. The van der Waals surface area contributed by atoms with Gasteiger partial charge in [-0.05, 0) is 38.5 Å². The van der Waals surface area contributed by atoms with Crippen molar-refractivity contribution < 1.29 is 9.47 Å². The summed E-state index contributed by atoms with van der Waals surface area (Å²) in [7, 11) is 0. The number of nitrogens with one attached hydrogen (secondary N) is 1. The molecule has 1 aliphatic rings. The zero-order chi connectivity index (χ0) is 12.3. The van der Waals surface area contributed by atoms with Crippen LogP contribution >= 0.6 is 0 Å². The average molecular weight is 235 g/mol. The standard InChI is InChI=1S/C14H21NO2/c1-10(2)17-14-6-4-12(5-7-14)11(3)15-13-8-16-9-13/h4-7,10-11,13,15H,8-9H2,1-3H3. The van der Waals surface area contributed by atoms with Crippen molar-refractivity contribution in [1.29, 1.82) is 0 Å². The molecule has 94 valence electrons. The third-order valence-corrected chi connectivity index (χ3v) is 2.88. The summed E-state index contributed by atoms with van der Waals surface area (Å²) in [5, 5.41) is 3.53. The molecule has 0 bridgehead atoms. The minimum atomic E-state index is 0.225. The van der Waals surface area contributed by atoms with E-state index >= 15 is 0 Å². The van der Waals surface area contributed by atoms with E-state index in [4.69, 9.17) is 9.47 Å². The van der Waals surface area contributed by atoms with Crippen LogP contribution in [0.5, 0.6) is 5.75 Å². The molecule has 17 heavy (non-hydrogen) atoms. The Hall–Kier alpha value is -1.06. The molecule has 1 unspecified atom stereocenters. The topological polar surface area (TPSA) is 30.5 Å². The highest BCUT2D eigenvalue weighted by atomic mass is 16.5. The van der Waals surface area contributed by atoms with Crippen LogP contribution in [0.4, 0.5) is 0 Å². The van der Waals surface area contributed by atoms with E-state index in [9.17, 15) is 0 Å². The monoisotopic (exact) mass is 235 g/mol. The number of rotatable bonds is 5. The van der Waals surface area contributed by atoms with Gasteiger partial charge in [0.05, 0.1) is 25.4 Å². The summed E-state index contributed by atoms with van der Waals surface area (Å²) in [5.74, 6) is 0.933. The van der Waals surface area contributed by atoms with Crippen molar-refractivity contribution >= 4 is 0 Å². The zero-order valence-electron chi connectivity index (χ0n) is 10.8. The van der Waals surface area contributed by atoms with Gasteiger partial charge in [0.25, 0.3) is 0 Å². The minimum absolute atomic E-state index is 0.225. The molecule has 0 spiro atoms. The van der Waals surface area contributed by atoms with Gasteiger partial charge in [-0.25, -0.2) is 0 Å². The molecule has 1 heterocycles. The first kappa shape index (κ1) is 12.4. The molecule has 2 rings (SSSR count). The average Bonchev–Trinajstić information content (AvgIpc) is 2.23. The fourth-order valence-corrected chi connectivity index (χ4v) is 1.89.